The fourth-order valence-electron chi connectivity index (χ4n) is 2.64. The van der Waals surface area contributed by atoms with Crippen LogP contribution in [-0.2, 0) is 16.1 Å². The fourth-order valence-corrected chi connectivity index (χ4v) is 2.81. The third kappa shape index (κ3) is 3.92. The van der Waals surface area contributed by atoms with Gasteiger partial charge in [-0.15, -0.1) is 0 Å². The number of carbonyl (C=O) groups excluding carboxylic acids is 1. The van der Waals surface area contributed by atoms with Gasteiger partial charge < -0.3 is 4.74 Å². The molecule has 0 amide bonds. The summed E-state index contributed by atoms with van der Waals surface area (Å²) in [5.74, 6) is -0.375. The summed E-state index contributed by atoms with van der Waals surface area (Å²) in [4.78, 5) is 24.3. The van der Waals surface area contributed by atoms with Crippen LogP contribution in [-0.4, -0.2) is 36.0 Å². The van der Waals surface area contributed by atoms with Crippen molar-refractivity contribution in [2.24, 2.45) is 5.92 Å². The number of likely N-dealkylation sites (tertiary alicyclic amines) is 1. The van der Waals surface area contributed by atoms with Crippen molar-refractivity contribution in [3.8, 4) is 0 Å². The van der Waals surface area contributed by atoms with Gasteiger partial charge in [0, 0.05) is 29.7 Å². The number of hydrogen-bond donors (Lipinski definition) is 0. The van der Waals surface area contributed by atoms with Gasteiger partial charge in [-0.1, -0.05) is 11.6 Å². The highest BCUT2D eigenvalue weighted by Gasteiger charge is 2.27. The maximum Gasteiger partial charge on any atom is 0.309 e. The lowest BCUT2D eigenvalue weighted by Gasteiger charge is -2.31. The summed E-state index contributed by atoms with van der Waals surface area (Å²) >= 11 is 5.81. The first-order chi connectivity index (χ1) is 10.0. The average Bonchev–Trinajstić information content (AvgIpc) is 2.48. The number of piperidine rings is 1. The quantitative estimate of drug-likeness (QED) is 0.485. The van der Waals surface area contributed by atoms with Crippen LogP contribution >= 0.6 is 11.6 Å². The van der Waals surface area contributed by atoms with Crippen molar-refractivity contribution in [1.29, 1.82) is 0 Å². The predicted molar refractivity (Wildman–Crippen MR) is 78.1 cm³/mol. The van der Waals surface area contributed by atoms with Crippen LogP contribution in [0.25, 0.3) is 0 Å². The number of nitro groups is 1. The monoisotopic (exact) mass is 312 g/mol. The number of nitrogens with zero attached hydrogens (tertiary/aromatic N) is 2. The Kier molecular flexibility index (Phi) is 5.14. The molecule has 0 bridgehead atoms. The summed E-state index contributed by atoms with van der Waals surface area (Å²) in [6.07, 6.45) is 1.67. The number of methoxy groups -OCH3 is 1. The maximum absolute atomic E-state index is 11.6. The van der Waals surface area contributed by atoms with Crippen molar-refractivity contribution in [3.05, 3.63) is 38.9 Å². The second-order valence-corrected chi connectivity index (χ2v) is 5.56. The van der Waals surface area contributed by atoms with Gasteiger partial charge >= 0.3 is 5.97 Å². The normalized spacial score (nSPS) is 19.2. The molecule has 7 heteroatoms. The lowest BCUT2D eigenvalue weighted by atomic mass is 9.97. The van der Waals surface area contributed by atoms with Crippen molar-refractivity contribution in [3.63, 3.8) is 0 Å². The number of carbonyl (C=O) groups is 1. The van der Waals surface area contributed by atoms with Gasteiger partial charge in [-0.05, 0) is 31.5 Å². The molecule has 0 radical (unpaired) electrons. The van der Waals surface area contributed by atoms with E-state index in [-0.39, 0.29) is 17.6 Å². The number of rotatable bonds is 4. The minimum Gasteiger partial charge on any atom is -0.469 e. The molecule has 6 nitrogen and oxygen atoms in total. The molecule has 1 atom stereocenters. The number of halogens is 1. The minimum absolute atomic E-state index is 0.0164. The molecule has 1 heterocycles. The first kappa shape index (κ1) is 15.7. The van der Waals surface area contributed by atoms with Gasteiger partial charge in [0.05, 0.1) is 18.0 Å². The molecule has 0 unspecified atom stereocenters. The van der Waals surface area contributed by atoms with E-state index in [1.807, 2.05) is 4.90 Å². The average molecular weight is 313 g/mol. The first-order valence-electron chi connectivity index (χ1n) is 6.74. The zero-order valence-corrected chi connectivity index (χ0v) is 12.5. The molecule has 114 valence electrons. The van der Waals surface area contributed by atoms with E-state index in [0.29, 0.717) is 23.7 Å². The summed E-state index contributed by atoms with van der Waals surface area (Å²) in [5, 5.41) is 11.4. The molecule has 0 aromatic heterocycles. The van der Waals surface area contributed by atoms with Crippen LogP contribution in [0.5, 0.6) is 0 Å². The Morgan fingerprint density at radius 2 is 2.33 bits per heavy atom. The molecule has 2 rings (SSSR count). The number of ether oxygens (including phenoxy) is 1. The highest BCUT2D eigenvalue weighted by Crippen LogP contribution is 2.26. The topological polar surface area (TPSA) is 72.7 Å². The van der Waals surface area contributed by atoms with E-state index >= 15 is 0 Å². The summed E-state index contributed by atoms with van der Waals surface area (Å²) < 4.78 is 4.77. The maximum atomic E-state index is 11.6. The highest BCUT2D eigenvalue weighted by atomic mass is 35.5. The summed E-state index contributed by atoms with van der Waals surface area (Å²) in [7, 11) is 1.38. The number of esters is 1. The molecule has 0 spiro atoms. The van der Waals surface area contributed by atoms with E-state index in [2.05, 4.69) is 0 Å². The predicted octanol–water partition coefficient (Wildman–Crippen LogP) is 2.63. The second-order valence-electron chi connectivity index (χ2n) is 5.13. The van der Waals surface area contributed by atoms with E-state index < -0.39 is 4.92 Å². The van der Waals surface area contributed by atoms with E-state index in [1.165, 1.54) is 13.2 Å². The zero-order valence-electron chi connectivity index (χ0n) is 11.8. The lowest BCUT2D eigenvalue weighted by Crippen LogP contribution is -2.38. The molecule has 1 aromatic rings. The van der Waals surface area contributed by atoms with Gasteiger partial charge in [-0.2, -0.15) is 0 Å². The van der Waals surface area contributed by atoms with Crippen LogP contribution in [0.1, 0.15) is 18.4 Å². The van der Waals surface area contributed by atoms with Crippen molar-refractivity contribution in [2.45, 2.75) is 19.4 Å². The number of benzene rings is 1. The Labute approximate surface area is 127 Å². The first-order valence-corrected chi connectivity index (χ1v) is 7.12. The van der Waals surface area contributed by atoms with Crippen molar-refractivity contribution >= 4 is 23.3 Å². The van der Waals surface area contributed by atoms with Gasteiger partial charge in [0.1, 0.15) is 0 Å². The standard InChI is InChI=1S/C14H17ClN2O4/c1-21-14(18)11-3-2-6-16(9-11)8-10-4-5-12(15)7-13(10)17(19)20/h4-5,7,11H,2-3,6,8-9H2,1H3/t11-/m0/s1. The third-order valence-corrected chi connectivity index (χ3v) is 3.91. The molecule has 0 aliphatic carbocycles. The Balaban J connectivity index is 2.11. The molecular weight excluding hydrogens is 296 g/mol. The summed E-state index contributed by atoms with van der Waals surface area (Å²) in [6, 6.07) is 4.67. The van der Waals surface area contributed by atoms with E-state index in [9.17, 15) is 14.9 Å². The molecule has 1 aliphatic heterocycles. The Morgan fingerprint density at radius 1 is 1.57 bits per heavy atom. The summed E-state index contributed by atoms with van der Waals surface area (Å²) in [6.45, 7) is 1.81. The van der Waals surface area contributed by atoms with Gasteiger partial charge in [-0.25, -0.2) is 0 Å². The van der Waals surface area contributed by atoms with Crippen molar-refractivity contribution in [2.75, 3.05) is 20.2 Å². The summed E-state index contributed by atoms with van der Waals surface area (Å²) in [5.41, 5.74) is 0.623. The van der Waals surface area contributed by atoms with Gasteiger partial charge in [0.2, 0.25) is 0 Å². The lowest BCUT2D eigenvalue weighted by molar-refractivity contribution is -0.385. The number of nitro benzene ring substituents is 1. The largest absolute Gasteiger partial charge is 0.469 e. The van der Waals surface area contributed by atoms with Crippen LogP contribution in [0, 0.1) is 16.0 Å². The molecule has 1 aliphatic rings. The molecule has 1 aromatic carbocycles. The molecule has 0 N–H and O–H groups in total. The Bertz CT molecular complexity index is 550. The van der Waals surface area contributed by atoms with E-state index in [4.69, 9.17) is 16.3 Å². The molecule has 1 fully saturated rings. The van der Waals surface area contributed by atoms with Crippen molar-refractivity contribution in [1.82, 2.24) is 4.90 Å². The number of hydrogen-bond acceptors (Lipinski definition) is 5. The molecule has 1 saturated heterocycles. The molecule has 0 saturated carbocycles. The van der Waals surface area contributed by atoms with Crippen molar-refractivity contribution < 1.29 is 14.5 Å². The van der Waals surface area contributed by atoms with Crippen LogP contribution in [0.4, 0.5) is 5.69 Å². The third-order valence-electron chi connectivity index (χ3n) is 3.68. The van der Waals surface area contributed by atoms with Crippen LogP contribution < -0.4 is 0 Å². The van der Waals surface area contributed by atoms with Crippen LogP contribution in [0.15, 0.2) is 18.2 Å². The SMILES string of the molecule is COC(=O)[C@H]1CCCN(Cc2ccc(Cl)cc2[N+](=O)[O-])C1. The van der Waals surface area contributed by atoms with Gasteiger partial charge in [0.25, 0.3) is 5.69 Å². The minimum atomic E-state index is -0.428. The molecule has 21 heavy (non-hydrogen) atoms. The van der Waals surface area contributed by atoms with Gasteiger partial charge in [0.15, 0.2) is 0 Å². The Hall–Kier alpha value is -1.66. The fraction of sp³-hybridized carbons (Fsp3) is 0.500. The second kappa shape index (κ2) is 6.87. The smallest absolute Gasteiger partial charge is 0.309 e. The van der Waals surface area contributed by atoms with Crippen LogP contribution in [0.2, 0.25) is 5.02 Å². The van der Waals surface area contributed by atoms with E-state index in [1.54, 1.807) is 12.1 Å². The Morgan fingerprint density at radius 3 is 3.00 bits per heavy atom. The molecular formula is C14H17ClN2O4. The zero-order chi connectivity index (χ0) is 15.4. The van der Waals surface area contributed by atoms with Gasteiger partial charge in [-0.3, -0.25) is 19.8 Å². The van der Waals surface area contributed by atoms with Crippen LogP contribution in [0.3, 0.4) is 0 Å². The van der Waals surface area contributed by atoms with E-state index in [0.717, 1.165) is 19.4 Å². The highest BCUT2D eigenvalue weighted by molar-refractivity contribution is 6.30.